The number of ether oxygens (including phenoxy) is 3. The third-order valence-electron chi connectivity index (χ3n) is 5.36. The van der Waals surface area contributed by atoms with Crippen molar-refractivity contribution in [3.8, 4) is 11.5 Å². The SMILES string of the molecule is COc1ccc(C(=O)NC(=Cc2ccc(Cl)cc2)C(=O)NCCCN2CCOCC2)cc1OC. The molecule has 0 atom stereocenters. The second kappa shape index (κ2) is 13.0. The number of morpholine rings is 1. The Balaban J connectivity index is 1.69. The minimum absolute atomic E-state index is 0.133. The van der Waals surface area contributed by atoms with Gasteiger partial charge in [-0.25, -0.2) is 0 Å². The highest BCUT2D eigenvalue weighted by molar-refractivity contribution is 6.30. The Morgan fingerprint density at radius 2 is 1.76 bits per heavy atom. The van der Waals surface area contributed by atoms with Gasteiger partial charge in [0.25, 0.3) is 11.8 Å². The van der Waals surface area contributed by atoms with E-state index in [9.17, 15) is 9.59 Å². The fourth-order valence-electron chi connectivity index (χ4n) is 3.48. The molecule has 1 fully saturated rings. The van der Waals surface area contributed by atoms with Gasteiger partial charge in [-0.15, -0.1) is 0 Å². The molecule has 1 aliphatic rings. The molecule has 3 rings (SSSR count). The molecule has 2 amide bonds. The van der Waals surface area contributed by atoms with E-state index in [1.807, 2.05) is 0 Å². The summed E-state index contributed by atoms with van der Waals surface area (Å²) >= 11 is 5.97. The zero-order valence-electron chi connectivity index (χ0n) is 19.4. The lowest BCUT2D eigenvalue weighted by Gasteiger charge is -2.26. The summed E-state index contributed by atoms with van der Waals surface area (Å²) in [6, 6.07) is 11.8. The second-order valence-corrected chi connectivity index (χ2v) is 8.13. The summed E-state index contributed by atoms with van der Waals surface area (Å²) in [4.78, 5) is 28.2. The fourth-order valence-corrected chi connectivity index (χ4v) is 3.61. The van der Waals surface area contributed by atoms with Gasteiger partial charge in [0, 0.05) is 30.2 Å². The van der Waals surface area contributed by atoms with Crippen LogP contribution in [0.4, 0.5) is 0 Å². The standard InChI is InChI=1S/C25H30ClN3O5/c1-32-22-9-6-19(17-23(22)33-2)24(30)28-21(16-18-4-7-20(26)8-5-18)25(31)27-10-3-11-29-12-14-34-15-13-29/h4-9,16-17H,3,10-15H2,1-2H3,(H,27,31)(H,28,30). The van der Waals surface area contributed by atoms with Crippen LogP contribution in [0.15, 0.2) is 48.2 Å². The van der Waals surface area contributed by atoms with Crippen LogP contribution in [-0.2, 0) is 9.53 Å². The number of amides is 2. The lowest BCUT2D eigenvalue weighted by Crippen LogP contribution is -2.39. The van der Waals surface area contributed by atoms with Crippen LogP contribution in [0.25, 0.3) is 6.08 Å². The van der Waals surface area contributed by atoms with Crippen molar-refractivity contribution in [2.24, 2.45) is 0 Å². The number of nitrogens with one attached hydrogen (secondary N) is 2. The molecular formula is C25H30ClN3O5. The number of rotatable bonds is 10. The number of benzene rings is 2. The maximum absolute atomic E-state index is 13.0. The molecule has 0 saturated carbocycles. The maximum Gasteiger partial charge on any atom is 0.267 e. The predicted molar refractivity (Wildman–Crippen MR) is 131 cm³/mol. The number of carbonyl (C=O) groups is 2. The first-order valence-electron chi connectivity index (χ1n) is 11.1. The predicted octanol–water partition coefficient (Wildman–Crippen LogP) is 2.97. The Labute approximate surface area is 204 Å². The summed E-state index contributed by atoms with van der Waals surface area (Å²) in [5.41, 5.74) is 1.20. The average Bonchev–Trinajstić information content (AvgIpc) is 2.87. The van der Waals surface area contributed by atoms with Gasteiger partial charge in [0.05, 0.1) is 27.4 Å². The highest BCUT2D eigenvalue weighted by Crippen LogP contribution is 2.27. The summed E-state index contributed by atoms with van der Waals surface area (Å²) < 4.78 is 15.9. The molecule has 0 bridgehead atoms. The van der Waals surface area contributed by atoms with Gasteiger partial charge in [0.15, 0.2) is 11.5 Å². The minimum Gasteiger partial charge on any atom is -0.493 e. The molecule has 1 heterocycles. The van der Waals surface area contributed by atoms with Gasteiger partial charge in [-0.2, -0.15) is 0 Å². The van der Waals surface area contributed by atoms with Crippen molar-refractivity contribution in [3.05, 3.63) is 64.3 Å². The van der Waals surface area contributed by atoms with Crippen LogP contribution < -0.4 is 20.1 Å². The molecule has 0 spiro atoms. The van der Waals surface area contributed by atoms with E-state index in [1.54, 1.807) is 48.5 Å². The molecule has 2 N–H and O–H groups in total. The van der Waals surface area contributed by atoms with Crippen molar-refractivity contribution >= 4 is 29.5 Å². The van der Waals surface area contributed by atoms with E-state index in [4.69, 9.17) is 25.8 Å². The van der Waals surface area contributed by atoms with Gasteiger partial charge in [-0.05, 0) is 54.9 Å². The Morgan fingerprint density at radius 1 is 1.06 bits per heavy atom. The number of methoxy groups -OCH3 is 2. The van der Waals surface area contributed by atoms with E-state index in [2.05, 4.69) is 15.5 Å². The summed E-state index contributed by atoms with van der Waals surface area (Å²) in [6.07, 6.45) is 2.41. The lowest BCUT2D eigenvalue weighted by atomic mass is 10.1. The van der Waals surface area contributed by atoms with Gasteiger partial charge in [0.1, 0.15) is 5.70 Å². The molecule has 8 nitrogen and oxygen atoms in total. The molecule has 0 aromatic heterocycles. The smallest absolute Gasteiger partial charge is 0.267 e. The van der Waals surface area contributed by atoms with E-state index >= 15 is 0 Å². The zero-order valence-corrected chi connectivity index (χ0v) is 20.2. The molecule has 1 saturated heterocycles. The van der Waals surface area contributed by atoms with Gasteiger partial charge in [-0.3, -0.25) is 14.5 Å². The summed E-state index contributed by atoms with van der Waals surface area (Å²) in [5, 5.41) is 6.21. The Bertz CT molecular complexity index is 1000. The molecule has 0 radical (unpaired) electrons. The van der Waals surface area contributed by atoms with E-state index < -0.39 is 5.91 Å². The van der Waals surface area contributed by atoms with Crippen LogP contribution in [0.5, 0.6) is 11.5 Å². The van der Waals surface area contributed by atoms with Crippen LogP contribution in [0.3, 0.4) is 0 Å². The van der Waals surface area contributed by atoms with Crippen molar-refractivity contribution in [1.29, 1.82) is 0 Å². The Hall–Kier alpha value is -3.07. The lowest BCUT2D eigenvalue weighted by molar-refractivity contribution is -0.117. The van der Waals surface area contributed by atoms with Crippen LogP contribution in [-0.4, -0.2) is 70.3 Å². The van der Waals surface area contributed by atoms with Gasteiger partial charge in [-0.1, -0.05) is 23.7 Å². The monoisotopic (exact) mass is 487 g/mol. The summed E-state index contributed by atoms with van der Waals surface area (Å²) in [6.45, 7) is 4.64. The highest BCUT2D eigenvalue weighted by atomic mass is 35.5. The first-order chi connectivity index (χ1) is 16.5. The third kappa shape index (κ3) is 7.48. The van der Waals surface area contributed by atoms with Crippen LogP contribution in [0, 0.1) is 0 Å². The van der Waals surface area contributed by atoms with E-state index in [1.165, 1.54) is 14.2 Å². The largest absolute Gasteiger partial charge is 0.493 e. The third-order valence-corrected chi connectivity index (χ3v) is 5.61. The van der Waals surface area contributed by atoms with Crippen LogP contribution >= 0.6 is 11.6 Å². The Kier molecular flexibility index (Phi) is 9.75. The van der Waals surface area contributed by atoms with Crippen LogP contribution in [0.2, 0.25) is 5.02 Å². The molecule has 1 aliphatic heterocycles. The van der Waals surface area contributed by atoms with Crippen molar-refractivity contribution in [2.45, 2.75) is 6.42 Å². The fraction of sp³-hybridized carbons (Fsp3) is 0.360. The maximum atomic E-state index is 13.0. The molecule has 182 valence electrons. The molecule has 0 unspecified atom stereocenters. The second-order valence-electron chi connectivity index (χ2n) is 7.70. The minimum atomic E-state index is -0.440. The Morgan fingerprint density at radius 3 is 2.44 bits per heavy atom. The van der Waals surface area contributed by atoms with E-state index in [0.29, 0.717) is 28.6 Å². The van der Waals surface area contributed by atoms with Crippen molar-refractivity contribution in [3.63, 3.8) is 0 Å². The van der Waals surface area contributed by atoms with Gasteiger partial charge in [0.2, 0.25) is 0 Å². The molecule has 9 heteroatoms. The first kappa shape index (κ1) is 25.6. The zero-order chi connectivity index (χ0) is 24.3. The van der Waals surface area contributed by atoms with Crippen LogP contribution in [0.1, 0.15) is 22.3 Å². The molecule has 2 aromatic carbocycles. The number of nitrogens with zero attached hydrogens (tertiary/aromatic N) is 1. The number of halogens is 1. The quantitative estimate of drug-likeness (QED) is 0.395. The first-order valence-corrected chi connectivity index (χ1v) is 11.5. The number of carbonyl (C=O) groups excluding carboxylic acids is 2. The van der Waals surface area contributed by atoms with Crippen molar-refractivity contribution in [2.75, 3.05) is 53.6 Å². The van der Waals surface area contributed by atoms with Crippen molar-refractivity contribution < 1.29 is 23.8 Å². The number of hydrogen-bond donors (Lipinski definition) is 2. The topological polar surface area (TPSA) is 89.1 Å². The van der Waals surface area contributed by atoms with E-state index in [0.717, 1.165) is 44.8 Å². The average molecular weight is 488 g/mol. The molecular weight excluding hydrogens is 458 g/mol. The van der Waals surface area contributed by atoms with Crippen molar-refractivity contribution in [1.82, 2.24) is 15.5 Å². The van der Waals surface area contributed by atoms with Gasteiger partial charge < -0.3 is 24.8 Å². The molecule has 0 aliphatic carbocycles. The highest BCUT2D eigenvalue weighted by Gasteiger charge is 2.17. The summed E-state index contributed by atoms with van der Waals surface area (Å²) in [5.74, 6) is 0.121. The van der Waals surface area contributed by atoms with Gasteiger partial charge >= 0.3 is 0 Å². The van der Waals surface area contributed by atoms with E-state index in [-0.39, 0.29) is 11.6 Å². The molecule has 34 heavy (non-hydrogen) atoms. The normalized spacial score (nSPS) is 14.4. The number of hydrogen-bond acceptors (Lipinski definition) is 6. The molecule has 2 aromatic rings. The summed E-state index contributed by atoms with van der Waals surface area (Å²) in [7, 11) is 3.02.